The molecule has 0 saturated heterocycles. The van der Waals surface area contributed by atoms with Gasteiger partial charge in [-0.2, -0.15) is 0 Å². The first-order chi connectivity index (χ1) is 9.17. The van der Waals surface area contributed by atoms with Crippen LogP contribution in [0.5, 0.6) is 0 Å². The maximum absolute atomic E-state index is 13.8. The van der Waals surface area contributed by atoms with Gasteiger partial charge in [0.25, 0.3) is 0 Å². The summed E-state index contributed by atoms with van der Waals surface area (Å²) in [5.41, 5.74) is 5.61. The third-order valence-corrected chi connectivity index (χ3v) is 2.70. The van der Waals surface area contributed by atoms with Crippen molar-refractivity contribution in [1.82, 2.24) is 14.8 Å². The SMILES string of the molecule is COCCn1c(CN)nnc1-c1cc(F)ccc1F. The number of benzene rings is 1. The van der Waals surface area contributed by atoms with Crippen LogP contribution in [0.15, 0.2) is 18.2 Å². The molecule has 1 aromatic carbocycles. The van der Waals surface area contributed by atoms with E-state index in [4.69, 9.17) is 10.5 Å². The molecule has 0 fully saturated rings. The highest BCUT2D eigenvalue weighted by molar-refractivity contribution is 5.56. The van der Waals surface area contributed by atoms with E-state index in [9.17, 15) is 8.78 Å². The van der Waals surface area contributed by atoms with E-state index >= 15 is 0 Å². The fraction of sp³-hybridized carbons (Fsp3) is 0.333. The van der Waals surface area contributed by atoms with Gasteiger partial charge in [-0.1, -0.05) is 0 Å². The normalized spacial score (nSPS) is 10.9. The van der Waals surface area contributed by atoms with Crippen molar-refractivity contribution >= 4 is 0 Å². The number of nitrogens with two attached hydrogens (primary N) is 1. The van der Waals surface area contributed by atoms with Gasteiger partial charge in [-0.05, 0) is 18.2 Å². The second kappa shape index (κ2) is 5.85. The lowest BCUT2D eigenvalue weighted by Crippen LogP contribution is -2.13. The third-order valence-electron chi connectivity index (χ3n) is 2.70. The molecule has 0 aliphatic rings. The molecule has 0 amide bonds. The highest BCUT2D eigenvalue weighted by atomic mass is 19.1. The van der Waals surface area contributed by atoms with Crippen LogP contribution in [0.4, 0.5) is 8.78 Å². The molecule has 2 rings (SSSR count). The van der Waals surface area contributed by atoms with Gasteiger partial charge in [0.2, 0.25) is 0 Å². The lowest BCUT2D eigenvalue weighted by atomic mass is 10.2. The van der Waals surface area contributed by atoms with Gasteiger partial charge in [0.05, 0.1) is 18.7 Å². The highest BCUT2D eigenvalue weighted by Crippen LogP contribution is 2.22. The summed E-state index contributed by atoms with van der Waals surface area (Å²) in [6.07, 6.45) is 0. The van der Waals surface area contributed by atoms with E-state index < -0.39 is 11.6 Å². The number of methoxy groups -OCH3 is 1. The maximum Gasteiger partial charge on any atom is 0.167 e. The molecular weight excluding hydrogens is 254 g/mol. The Kier molecular flexibility index (Phi) is 4.18. The van der Waals surface area contributed by atoms with Gasteiger partial charge in [0, 0.05) is 13.7 Å². The molecule has 2 aromatic rings. The van der Waals surface area contributed by atoms with Gasteiger partial charge < -0.3 is 15.0 Å². The number of nitrogens with zero attached hydrogens (tertiary/aromatic N) is 3. The fourth-order valence-electron chi connectivity index (χ4n) is 1.77. The first kappa shape index (κ1) is 13.6. The van der Waals surface area contributed by atoms with E-state index in [1.165, 1.54) is 0 Å². The van der Waals surface area contributed by atoms with Crippen LogP contribution in [0, 0.1) is 11.6 Å². The molecule has 0 aliphatic heterocycles. The number of hydrogen-bond donors (Lipinski definition) is 1. The van der Waals surface area contributed by atoms with E-state index in [0.29, 0.717) is 19.0 Å². The Morgan fingerprint density at radius 3 is 2.79 bits per heavy atom. The van der Waals surface area contributed by atoms with Gasteiger partial charge in [-0.15, -0.1) is 10.2 Å². The lowest BCUT2D eigenvalue weighted by Gasteiger charge is -2.09. The summed E-state index contributed by atoms with van der Waals surface area (Å²) in [6, 6.07) is 3.20. The summed E-state index contributed by atoms with van der Waals surface area (Å²) in [4.78, 5) is 0. The quantitative estimate of drug-likeness (QED) is 0.888. The summed E-state index contributed by atoms with van der Waals surface area (Å²) in [7, 11) is 1.55. The van der Waals surface area contributed by atoms with Gasteiger partial charge in [-0.25, -0.2) is 8.78 Å². The van der Waals surface area contributed by atoms with E-state index in [1.807, 2.05) is 0 Å². The summed E-state index contributed by atoms with van der Waals surface area (Å²) in [5.74, 6) is -0.353. The largest absolute Gasteiger partial charge is 0.383 e. The zero-order chi connectivity index (χ0) is 13.8. The summed E-state index contributed by atoms with van der Waals surface area (Å²) >= 11 is 0. The predicted octanol–water partition coefficient (Wildman–Crippen LogP) is 1.33. The standard InChI is InChI=1S/C12H14F2N4O/c1-19-5-4-18-11(7-15)16-17-12(18)9-6-8(13)2-3-10(9)14/h2-3,6H,4-5,7,15H2,1H3. The van der Waals surface area contributed by atoms with Crippen molar-refractivity contribution in [3.63, 3.8) is 0 Å². The topological polar surface area (TPSA) is 66.0 Å². The van der Waals surface area contributed by atoms with Crippen molar-refractivity contribution in [2.45, 2.75) is 13.1 Å². The Morgan fingerprint density at radius 1 is 1.32 bits per heavy atom. The fourth-order valence-corrected chi connectivity index (χ4v) is 1.77. The van der Waals surface area contributed by atoms with Gasteiger partial charge in [0.15, 0.2) is 5.82 Å². The minimum absolute atomic E-state index is 0.0586. The number of aromatic nitrogens is 3. The van der Waals surface area contributed by atoms with Gasteiger partial charge in [0.1, 0.15) is 17.5 Å². The molecule has 7 heteroatoms. The van der Waals surface area contributed by atoms with Crippen LogP contribution >= 0.6 is 0 Å². The van der Waals surface area contributed by atoms with Crippen LogP contribution in [0.25, 0.3) is 11.4 Å². The van der Waals surface area contributed by atoms with Crippen LogP contribution in [0.3, 0.4) is 0 Å². The van der Waals surface area contributed by atoms with Crippen LogP contribution in [-0.4, -0.2) is 28.5 Å². The molecule has 0 bridgehead atoms. The van der Waals surface area contributed by atoms with Crippen LogP contribution < -0.4 is 5.73 Å². The summed E-state index contributed by atoms with van der Waals surface area (Å²) in [6.45, 7) is 0.976. The van der Waals surface area contributed by atoms with E-state index in [0.717, 1.165) is 18.2 Å². The third kappa shape index (κ3) is 2.77. The minimum atomic E-state index is -0.559. The van der Waals surface area contributed by atoms with Gasteiger partial charge in [-0.3, -0.25) is 0 Å². The smallest absolute Gasteiger partial charge is 0.167 e. The second-order valence-electron chi connectivity index (χ2n) is 3.91. The van der Waals surface area contributed by atoms with Crippen LogP contribution in [-0.2, 0) is 17.8 Å². The molecule has 5 nitrogen and oxygen atoms in total. The summed E-state index contributed by atoms with van der Waals surface area (Å²) < 4.78 is 33.6. The molecule has 0 spiro atoms. The number of ether oxygens (including phenoxy) is 1. The van der Waals surface area contributed by atoms with Crippen molar-refractivity contribution in [3.8, 4) is 11.4 Å². The second-order valence-corrected chi connectivity index (χ2v) is 3.91. The molecule has 0 atom stereocenters. The number of rotatable bonds is 5. The molecule has 1 aromatic heterocycles. The van der Waals surface area contributed by atoms with E-state index in [1.54, 1.807) is 11.7 Å². The van der Waals surface area contributed by atoms with Crippen molar-refractivity contribution < 1.29 is 13.5 Å². The van der Waals surface area contributed by atoms with Crippen molar-refractivity contribution in [3.05, 3.63) is 35.7 Å². The average Bonchev–Trinajstić information content (AvgIpc) is 2.81. The maximum atomic E-state index is 13.8. The highest BCUT2D eigenvalue weighted by Gasteiger charge is 2.16. The first-order valence-corrected chi connectivity index (χ1v) is 5.74. The lowest BCUT2D eigenvalue weighted by molar-refractivity contribution is 0.186. The molecule has 1 heterocycles. The summed E-state index contributed by atoms with van der Waals surface area (Å²) in [5, 5.41) is 7.76. The Bertz CT molecular complexity index is 571. The Morgan fingerprint density at radius 2 is 2.11 bits per heavy atom. The van der Waals surface area contributed by atoms with Crippen LogP contribution in [0.1, 0.15) is 5.82 Å². The Labute approximate surface area is 109 Å². The monoisotopic (exact) mass is 268 g/mol. The molecule has 19 heavy (non-hydrogen) atoms. The Hall–Kier alpha value is -1.86. The minimum Gasteiger partial charge on any atom is -0.383 e. The van der Waals surface area contributed by atoms with Crippen molar-refractivity contribution in [2.75, 3.05) is 13.7 Å². The zero-order valence-corrected chi connectivity index (χ0v) is 10.4. The van der Waals surface area contributed by atoms with E-state index in [-0.39, 0.29) is 17.9 Å². The molecule has 0 aliphatic carbocycles. The number of halogens is 2. The molecule has 0 unspecified atom stereocenters. The average molecular weight is 268 g/mol. The molecule has 0 saturated carbocycles. The van der Waals surface area contributed by atoms with Crippen molar-refractivity contribution in [2.24, 2.45) is 5.73 Å². The molecule has 2 N–H and O–H groups in total. The number of hydrogen-bond acceptors (Lipinski definition) is 4. The van der Waals surface area contributed by atoms with Gasteiger partial charge >= 0.3 is 0 Å². The Balaban J connectivity index is 2.49. The first-order valence-electron chi connectivity index (χ1n) is 5.74. The van der Waals surface area contributed by atoms with E-state index in [2.05, 4.69) is 10.2 Å². The zero-order valence-electron chi connectivity index (χ0n) is 10.4. The predicted molar refractivity (Wildman–Crippen MR) is 65.1 cm³/mol. The van der Waals surface area contributed by atoms with Crippen LogP contribution in [0.2, 0.25) is 0 Å². The molecule has 102 valence electrons. The van der Waals surface area contributed by atoms with Crippen molar-refractivity contribution in [1.29, 1.82) is 0 Å². The molecule has 0 radical (unpaired) electrons. The molecular formula is C12H14F2N4O.